The number of hydrogen-bond donors (Lipinski definition) is 3. The van der Waals surface area contributed by atoms with Crippen LogP contribution in [0.2, 0.25) is 10.2 Å². The fraction of sp³-hybridized carbons (Fsp3) is 0.0952. The number of hydrogen-bond acceptors (Lipinski definition) is 6. The molecular formula is C21H17Cl2N5O2. The third-order valence-corrected chi connectivity index (χ3v) is 5.19. The van der Waals surface area contributed by atoms with Crippen molar-refractivity contribution >= 4 is 46.1 Å². The van der Waals surface area contributed by atoms with E-state index in [4.69, 9.17) is 34.7 Å². The van der Waals surface area contributed by atoms with Crippen molar-refractivity contribution < 1.29 is 9.90 Å². The number of carbonyl (C=O) groups excluding carboxylic acids is 1. The van der Waals surface area contributed by atoms with Crippen LogP contribution in [0.4, 0.5) is 11.5 Å². The van der Waals surface area contributed by atoms with Crippen LogP contribution in [0.15, 0.2) is 48.7 Å². The molecule has 30 heavy (non-hydrogen) atoms. The smallest absolute Gasteiger partial charge is 0.160 e. The topological polar surface area (TPSA) is 120 Å². The van der Waals surface area contributed by atoms with Gasteiger partial charge in [0.2, 0.25) is 0 Å². The van der Waals surface area contributed by atoms with E-state index in [1.54, 1.807) is 40.9 Å². The van der Waals surface area contributed by atoms with Gasteiger partial charge in [-0.2, -0.15) is 0 Å². The molecule has 9 heteroatoms. The molecular weight excluding hydrogens is 425 g/mol. The number of Topliss-reactive ketones (excluding diaryl/α,β-unsaturated/α-hetero) is 1. The van der Waals surface area contributed by atoms with Crippen molar-refractivity contribution in [2.75, 3.05) is 11.5 Å². The van der Waals surface area contributed by atoms with Crippen molar-refractivity contribution in [3.8, 4) is 17.0 Å². The lowest BCUT2D eigenvalue weighted by Gasteiger charge is -2.09. The van der Waals surface area contributed by atoms with Gasteiger partial charge in [0.15, 0.2) is 5.65 Å². The van der Waals surface area contributed by atoms with E-state index in [1.807, 2.05) is 6.07 Å². The third kappa shape index (κ3) is 3.90. The van der Waals surface area contributed by atoms with E-state index in [0.29, 0.717) is 33.2 Å². The van der Waals surface area contributed by atoms with E-state index in [-0.39, 0.29) is 35.3 Å². The van der Waals surface area contributed by atoms with Crippen LogP contribution in [0, 0.1) is 0 Å². The van der Waals surface area contributed by atoms with Crippen molar-refractivity contribution in [1.29, 1.82) is 0 Å². The lowest BCUT2D eigenvalue weighted by Crippen LogP contribution is -2.09. The van der Waals surface area contributed by atoms with Crippen molar-refractivity contribution in [3.63, 3.8) is 0 Å². The maximum Gasteiger partial charge on any atom is 0.160 e. The first-order valence-electron chi connectivity index (χ1n) is 9.00. The molecule has 0 radical (unpaired) electrons. The summed E-state index contributed by atoms with van der Waals surface area (Å²) in [5.41, 5.74) is 15.5. The highest BCUT2D eigenvalue weighted by Crippen LogP contribution is 2.32. The summed E-state index contributed by atoms with van der Waals surface area (Å²) in [6, 6.07) is 11.6. The summed E-state index contributed by atoms with van der Waals surface area (Å²) in [5.74, 6) is 0.236. The van der Waals surface area contributed by atoms with Crippen molar-refractivity contribution in [3.05, 3.63) is 70.1 Å². The summed E-state index contributed by atoms with van der Waals surface area (Å²) in [4.78, 5) is 21.1. The zero-order valence-electron chi connectivity index (χ0n) is 15.6. The molecule has 0 spiro atoms. The summed E-state index contributed by atoms with van der Waals surface area (Å²) in [7, 11) is 0. The molecule has 7 nitrogen and oxygen atoms in total. The van der Waals surface area contributed by atoms with Gasteiger partial charge in [-0.3, -0.25) is 9.20 Å². The predicted molar refractivity (Wildman–Crippen MR) is 118 cm³/mol. The number of anilines is 2. The molecule has 0 saturated carbocycles. The van der Waals surface area contributed by atoms with Gasteiger partial charge in [0.1, 0.15) is 22.5 Å². The van der Waals surface area contributed by atoms with E-state index in [1.165, 1.54) is 6.07 Å². The fourth-order valence-electron chi connectivity index (χ4n) is 3.26. The number of benzene rings is 1. The first-order valence-corrected chi connectivity index (χ1v) is 9.75. The average molecular weight is 442 g/mol. The maximum atomic E-state index is 12.6. The molecule has 3 aromatic heterocycles. The van der Waals surface area contributed by atoms with E-state index < -0.39 is 0 Å². The Labute approximate surface area is 181 Å². The highest BCUT2D eigenvalue weighted by Gasteiger charge is 2.15. The molecule has 152 valence electrons. The van der Waals surface area contributed by atoms with Crippen LogP contribution >= 0.6 is 23.2 Å². The molecule has 4 aromatic rings. The molecule has 4 rings (SSSR count). The second kappa shape index (κ2) is 7.85. The highest BCUT2D eigenvalue weighted by atomic mass is 35.5. The maximum absolute atomic E-state index is 12.6. The Balaban J connectivity index is 1.66. The molecule has 0 aliphatic heterocycles. The molecule has 0 bridgehead atoms. The van der Waals surface area contributed by atoms with Crippen molar-refractivity contribution in [1.82, 2.24) is 14.4 Å². The number of nitrogen functional groups attached to an aromatic ring is 2. The number of fused-ring (bicyclic) bond motifs is 1. The number of carbonyl (C=O) groups is 1. The molecule has 0 aliphatic rings. The number of nitrogens with zero attached hydrogens (tertiary/aromatic N) is 3. The monoisotopic (exact) mass is 441 g/mol. The summed E-state index contributed by atoms with van der Waals surface area (Å²) in [5, 5.41) is 10.3. The lowest BCUT2D eigenvalue weighted by atomic mass is 10.1. The summed E-state index contributed by atoms with van der Waals surface area (Å²) < 4.78 is 1.79. The Morgan fingerprint density at radius 3 is 2.57 bits per heavy atom. The Hall–Kier alpha value is -3.29. The first-order chi connectivity index (χ1) is 14.3. The summed E-state index contributed by atoms with van der Waals surface area (Å²) in [6.07, 6.45) is 1.98. The van der Waals surface area contributed by atoms with Crippen LogP contribution in [-0.4, -0.2) is 25.3 Å². The van der Waals surface area contributed by atoms with Crippen LogP contribution < -0.4 is 11.5 Å². The quantitative estimate of drug-likeness (QED) is 0.403. The number of ketones is 1. The standard InChI is InChI=1S/C21H17Cl2N5O2/c22-16-9-13(29)2-3-15(16)18-5-4-17(24)21-26-12(10-28(18)21)8-14(30)7-11-1-6-19(23)27-20(11)25/h1-6,9-10,29H,7-8,24H2,(H2,25,27). The Kier molecular flexibility index (Phi) is 5.24. The largest absolute Gasteiger partial charge is 0.508 e. The average Bonchev–Trinajstić information content (AvgIpc) is 3.09. The molecule has 0 fully saturated rings. The number of phenols is 1. The van der Waals surface area contributed by atoms with Gasteiger partial charge >= 0.3 is 0 Å². The van der Waals surface area contributed by atoms with Gasteiger partial charge in [0, 0.05) is 23.7 Å². The Morgan fingerprint density at radius 1 is 1.03 bits per heavy atom. The Bertz CT molecular complexity index is 1290. The number of rotatable bonds is 5. The van der Waals surface area contributed by atoms with Crippen molar-refractivity contribution in [2.24, 2.45) is 0 Å². The van der Waals surface area contributed by atoms with Gasteiger partial charge in [0.25, 0.3) is 0 Å². The zero-order valence-corrected chi connectivity index (χ0v) is 17.2. The van der Waals surface area contributed by atoms with E-state index in [9.17, 15) is 9.90 Å². The number of pyridine rings is 2. The normalized spacial score (nSPS) is 11.1. The minimum atomic E-state index is -0.0722. The second-order valence-corrected chi connectivity index (χ2v) is 7.63. The van der Waals surface area contributed by atoms with Crippen LogP contribution in [-0.2, 0) is 17.6 Å². The van der Waals surface area contributed by atoms with Gasteiger partial charge in [0.05, 0.1) is 28.5 Å². The number of halogens is 2. The molecule has 1 aromatic carbocycles. The third-order valence-electron chi connectivity index (χ3n) is 4.67. The minimum Gasteiger partial charge on any atom is -0.508 e. The molecule has 0 aliphatic carbocycles. The number of nitrogens with two attached hydrogens (primary N) is 2. The lowest BCUT2D eigenvalue weighted by molar-refractivity contribution is -0.117. The molecule has 0 amide bonds. The van der Waals surface area contributed by atoms with E-state index in [0.717, 1.165) is 5.69 Å². The fourth-order valence-corrected chi connectivity index (χ4v) is 3.69. The van der Waals surface area contributed by atoms with Gasteiger partial charge < -0.3 is 16.6 Å². The van der Waals surface area contributed by atoms with E-state index >= 15 is 0 Å². The van der Waals surface area contributed by atoms with Gasteiger partial charge in [-0.1, -0.05) is 29.3 Å². The second-order valence-electron chi connectivity index (χ2n) is 6.83. The molecule has 5 N–H and O–H groups in total. The van der Waals surface area contributed by atoms with Crippen LogP contribution in [0.3, 0.4) is 0 Å². The minimum absolute atomic E-state index is 0.0722. The van der Waals surface area contributed by atoms with Gasteiger partial charge in [-0.15, -0.1) is 0 Å². The SMILES string of the molecule is Nc1nc(Cl)ccc1CC(=O)Cc1cn2c(-c3ccc(O)cc3Cl)ccc(N)c2n1. The van der Waals surface area contributed by atoms with Crippen LogP contribution in [0.25, 0.3) is 16.9 Å². The summed E-state index contributed by atoms with van der Waals surface area (Å²) in [6.45, 7) is 0. The Morgan fingerprint density at radius 2 is 1.83 bits per heavy atom. The van der Waals surface area contributed by atoms with Crippen molar-refractivity contribution in [2.45, 2.75) is 12.8 Å². The van der Waals surface area contributed by atoms with Gasteiger partial charge in [-0.25, -0.2) is 9.97 Å². The zero-order chi connectivity index (χ0) is 21.4. The molecule has 0 saturated heterocycles. The highest BCUT2D eigenvalue weighted by molar-refractivity contribution is 6.33. The van der Waals surface area contributed by atoms with E-state index in [2.05, 4.69) is 9.97 Å². The molecule has 0 unspecified atom stereocenters. The van der Waals surface area contributed by atoms with Crippen LogP contribution in [0.5, 0.6) is 5.75 Å². The number of imidazole rings is 1. The number of aromatic hydroxyl groups is 1. The number of aromatic nitrogens is 3. The number of phenolic OH excluding ortho intramolecular Hbond substituents is 1. The molecule has 3 heterocycles. The van der Waals surface area contributed by atoms with Gasteiger partial charge in [-0.05, 0) is 36.4 Å². The first kappa shape index (κ1) is 20.0. The molecule has 0 atom stereocenters. The summed E-state index contributed by atoms with van der Waals surface area (Å²) >= 11 is 12.1. The predicted octanol–water partition coefficient (Wildman–Crippen LogP) is 3.93. The van der Waals surface area contributed by atoms with Crippen LogP contribution in [0.1, 0.15) is 11.3 Å².